The average Bonchev–Trinajstić information content (AvgIpc) is 3.00. The van der Waals surface area contributed by atoms with Gasteiger partial charge in [0.25, 0.3) is 0 Å². The number of nitrogens with one attached hydrogen (secondary N) is 2. The Morgan fingerprint density at radius 1 is 1.33 bits per heavy atom. The fourth-order valence-electron chi connectivity index (χ4n) is 1.98. The second kappa shape index (κ2) is 3.77. The van der Waals surface area contributed by atoms with Crippen LogP contribution in [-0.2, 0) is 0 Å². The molecule has 15 heavy (non-hydrogen) atoms. The van der Waals surface area contributed by atoms with E-state index in [0.29, 0.717) is 12.0 Å². The van der Waals surface area contributed by atoms with Crippen LogP contribution >= 0.6 is 0 Å². The van der Waals surface area contributed by atoms with Crippen molar-refractivity contribution in [2.75, 3.05) is 18.4 Å². The number of hydrogen-bond acceptors (Lipinski definition) is 4. The molecule has 0 spiro atoms. The average molecular weight is 204 g/mol. The minimum Gasteiger partial charge on any atom is -0.366 e. The predicted octanol–water partition coefficient (Wildman–Crippen LogP) is 1.13. The highest BCUT2D eigenvalue weighted by Crippen LogP contribution is 2.38. The highest BCUT2D eigenvalue weighted by atomic mass is 15.1. The second-order valence-corrected chi connectivity index (χ2v) is 4.41. The van der Waals surface area contributed by atoms with Crippen molar-refractivity contribution in [2.45, 2.75) is 31.2 Å². The Bertz CT molecular complexity index is 342. The van der Waals surface area contributed by atoms with E-state index in [0.717, 1.165) is 24.7 Å². The summed E-state index contributed by atoms with van der Waals surface area (Å²) in [6.45, 7) is 2.15. The Balaban J connectivity index is 1.70. The molecular weight excluding hydrogens is 188 g/mol. The maximum absolute atomic E-state index is 4.55. The van der Waals surface area contributed by atoms with Crippen LogP contribution in [-0.4, -0.2) is 29.1 Å². The fraction of sp³-hybridized carbons (Fsp3) is 0.636. The van der Waals surface area contributed by atoms with Gasteiger partial charge >= 0.3 is 0 Å². The maximum Gasteiger partial charge on any atom is 0.133 e. The number of anilines is 1. The molecule has 1 aliphatic carbocycles. The molecule has 1 aromatic heterocycles. The van der Waals surface area contributed by atoms with E-state index in [-0.39, 0.29) is 0 Å². The Labute approximate surface area is 89.5 Å². The zero-order chi connectivity index (χ0) is 10.1. The van der Waals surface area contributed by atoms with Crippen molar-refractivity contribution in [3.63, 3.8) is 0 Å². The minimum atomic E-state index is 0.534. The molecule has 2 N–H and O–H groups in total. The van der Waals surface area contributed by atoms with Crippen molar-refractivity contribution in [3.05, 3.63) is 18.1 Å². The molecule has 2 heterocycles. The summed E-state index contributed by atoms with van der Waals surface area (Å²) in [5, 5.41) is 6.79. The summed E-state index contributed by atoms with van der Waals surface area (Å²) >= 11 is 0. The quantitative estimate of drug-likeness (QED) is 0.775. The summed E-state index contributed by atoms with van der Waals surface area (Å²) in [5.74, 6) is 2.64. The number of nitrogens with zero attached hydrogens (tertiary/aromatic N) is 2. The molecule has 1 aromatic rings. The number of aromatic nitrogens is 2. The highest BCUT2D eigenvalue weighted by molar-refractivity contribution is 5.35. The second-order valence-electron chi connectivity index (χ2n) is 4.41. The van der Waals surface area contributed by atoms with Gasteiger partial charge in [0.2, 0.25) is 0 Å². The Morgan fingerprint density at radius 2 is 2.27 bits per heavy atom. The van der Waals surface area contributed by atoms with Crippen LogP contribution in [0.2, 0.25) is 0 Å². The van der Waals surface area contributed by atoms with E-state index in [1.165, 1.54) is 19.3 Å². The smallest absolute Gasteiger partial charge is 0.133 e. The lowest BCUT2D eigenvalue weighted by molar-refractivity contribution is 0.782. The molecule has 2 fully saturated rings. The van der Waals surface area contributed by atoms with Gasteiger partial charge in [-0.05, 0) is 31.9 Å². The van der Waals surface area contributed by atoms with Crippen molar-refractivity contribution in [1.82, 2.24) is 15.3 Å². The molecule has 0 bridgehead atoms. The molecule has 1 saturated carbocycles. The predicted molar refractivity (Wildman–Crippen MR) is 58.9 cm³/mol. The summed E-state index contributed by atoms with van der Waals surface area (Å²) in [6, 6.07) is 2.50. The van der Waals surface area contributed by atoms with Crippen molar-refractivity contribution >= 4 is 5.82 Å². The lowest BCUT2D eigenvalue weighted by Crippen LogP contribution is -2.22. The SMILES string of the molecule is c1cc(N[C@H]2CCNC2)nc(C2CC2)n1. The molecule has 4 heteroatoms. The largest absolute Gasteiger partial charge is 0.366 e. The third-order valence-electron chi connectivity index (χ3n) is 3.03. The standard InChI is InChI=1S/C11H16N4/c1-2-8(1)11-13-6-4-10(15-11)14-9-3-5-12-7-9/h4,6,8-9,12H,1-3,5,7H2,(H,13,14,15)/t9-/m0/s1. The molecule has 0 aromatic carbocycles. The van der Waals surface area contributed by atoms with E-state index in [9.17, 15) is 0 Å². The van der Waals surface area contributed by atoms with Gasteiger partial charge in [-0.3, -0.25) is 0 Å². The monoisotopic (exact) mass is 204 g/mol. The van der Waals surface area contributed by atoms with E-state index in [2.05, 4.69) is 20.6 Å². The zero-order valence-electron chi connectivity index (χ0n) is 8.74. The van der Waals surface area contributed by atoms with E-state index in [1.54, 1.807) is 0 Å². The van der Waals surface area contributed by atoms with Crippen LogP contribution in [0.25, 0.3) is 0 Å². The van der Waals surface area contributed by atoms with Crippen molar-refractivity contribution in [1.29, 1.82) is 0 Å². The fourth-order valence-corrected chi connectivity index (χ4v) is 1.98. The lowest BCUT2D eigenvalue weighted by Gasteiger charge is -2.12. The topological polar surface area (TPSA) is 49.8 Å². The third kappa shape index (κ3) is 2.09. The van der Waals surface area contributed by atoms with E-state index in [1.807, 2.05) is 12.3 Å². The first kappa shape index (κ1) is 9.09. The maximum atomic E-state index is 4.55. The molecule has 80 valence electrons. The molecule has 1 aliphatic heterocycles. The minimum absolute atomic E-state index is 0.534. The van der Waals surface area contributed by atoms with Crippen molar-refractivity contribution in [3.8, 4) is 0 Å². The molecule has 1 saturated heterocycles. The van der Waals surface area contributed by atoms with Gasteiger partial charge in [0.05, 0.1) is 0 Å². The van der Waals surface area contributed by atoms with E-state index >= 15 is 0 Å². The number of hydrogen-bond donors (Lipinski definition) is 2. The van der Waals surface area contributed by atoms with Gasteiger partial charge in [-0.2, -0.15) is 0 Å². The molecule has 4 nitrogen and oxygen atoms in total. The van der Waals surface area contributed by atoms with Crippen LogP contribution in [0.15, 0.2) is 12.3 Å². The molecule has 1 atom stereocenters. The first-order valence-corrected chi connectivity index (χ1v) is 5.72. The van der Waals surface area contributed by atoms with Crippen LogP contribution in [0, 0.1) is 0 Å². The van der Waals surface area contributed by atoms with Crippen LogP contribution in [0.4, 0.5) is 5.82 Å². The molecule has 3 rings (SSSR count). The summed E-state index contributed by atoms with van der Waals surface area (Å²) < 4.78 is 0. The van der Waals surface area contributed by atoms with Gasteiger partial charge in [-0.1, -0.05) is 0 Å². The van der Waals surface area contributed by atoms with Crippen LogP contribution in [0.5, 0.6) is 0 Å². The van der Waals surface area contributed by atoms with Crippen LogP contribution in [0.1, 0.15) is 31.0 Å². The Hall–Kier alpha value is -1.16. The molecule has 0 unspecified atom stereocenters. The van der Waals surface area contributed by atoms with Crippen molar-refractivity contribution in [2.24, 2.45) is 0 Å². The summed E-state index contributed by atoms with van der Waals surface area (Å²) in [7, 11) is 0. The first-order chi connectivity index (χ1) is 7.42. The first-order valence-electron chi connectivity index (χ1n) is 5.72. The van der Waals surface area contributed by atoms with E-state index in [4.69, 9.17) is 0 Å². The third-order valence-corrected chi connectivity index (χ3v) is 3.03. The molecular formula is C11H16N4. The summed E-state index contributed by atoms with van der Waals surface area (Å²) in [6.07, 6.45) is 5.57. The van der Waals surface area contributed by atoms with Gasteiger partial charge in [0, 0.05) is 24.7 Å². The molecule has 2 aliphatic rings. The Morgan fingerprint density at radius 3 is 3.00 bits per heavy atom. The Kier molecular flexibility index (Phi) is 2.29. The van der Waals surface area contributed by atoms with Gasteiger partial charge in [-0.15, -0.1) is 0 Å². The van der Waals surface area contributed by atoms with Gasteiger partial charge < -0.3 is 10.6 Å². The van der Waals surface area contributed by atoms with E-state index < -0.39 is 0 Å². The number of rotatable bonds is 3. The lowest BCUT2D eigenvalue weighted by atomic mass is 10.2. The molecule has 0 radical (unpaired) electrons. The normalized spacial score (nSPS) is 25.5. The van der Waals surface area contributed by atoms with Crippen LogP contribution < -0.4 is 10.6 Å². The molecule has 0 amide bonds. The summed E-state index contributed by atoms with van der Waals surface area (Å²) in [5.41, 5.74) is 0. The van der Waals surface area contributed by atoms with Gasteiger partial charge in [0.15, 0.2) is 0 Å². The van der Waals surface area contributed by atoms with Gasteiger partial charge in [-0.25, -0.2) is 9.97 Å². The summed E-state index contributed by atoms with van der Waals surface area (Å²) in [4.78, 5) is 8.86. The zero-order valence-corrected chi connectivity index (χ0v) is 8.74. The van der Waals surface area contributed by atoms with Crippen molar-refractivity contribution < 1.29 is 0 Å². The highest BCUT2D eigenvalue weighted by Gasteiger charge is 2.26. The van der Waals surface area contributed by atoms with Crippen LogP contribution in [0.3, 0.4) is 0 Å². The van der Waals surface area contributed by atoms with Gasteiger partial charge in [0.1, 0.15) is 11.6 Å².